The molecule has 38 heavy (non-hydrogen) atoms. The van der Waals surface area contributed by atoms with Gasteiger partial charge in [-0.3, -0.25) is 24.5 Å². The standard InChI is InChI=1S/C27H24ClN3O7/c1-37-23-12-3-17(15-24(23)38-2)13-14-29(26(33)18-4-8-21(9-5-18)31(35)36)22-16-25(32)30(27(22)34)20-10-6-19(28)7-11-20/h3-12,15,22H,13-14,16H2,1-2H3. The average molecular weight is 538 g/mol. The zero-order valence-electron chi connectivity index (χ0n) is 20.6. The summed E-state index contributed by atoms with van der Waals surface area (Å²) >= 11 is 5.95. The molecule has 0 spiro atoms. The molecular formula is C27H24ClN3O7. The van der Waals surface area contributed by atoms with E-state index in [4.69, 9.17) is 21.1 Å². The van der Waals surface area contributed by atoms with Crippen molar-refractivity contribution in [1.82, 2.24) is 4.90 Å². The van der Waals surface area contributed by atoms with Crippen molar-refractivity contribution in [3.8, 4) is 11.5 Å². The summed E-state index contributed by atoms with van der Waals surface area (Å²) in [5.74, 6) is -0.455. The van der Waals surface area contributed by atoms with E-state index < -0.39 is 28.7 Å². The van der Waals surface area contributed by atoms with Gasteiger partial charge in [0.05, 0.1) is 31.3 Å². The molecule has 196 valence electrons. The van der Waals surface area contributed by atoms with Gasteiger partial charge in [-0.1, -0.05) is 17.7 Å². The Kier molecular flexibility index (Phi) is 7.92. The lowest BCUT2D eigenvalue weighted by molar-refractivity contribution is -0.384. The van der Waals surface area contributed by atoms with Gasteiger partial charge in [0, 0.05) is 29.3 Å². The summed E-state index contributed by atoms with van der Waals surface area (Å²) in [5.41, 5.74) is 1.16. The first kappa shape index (κ1) is 26.6. The molecule has 1 aliphatic rings. The molecule has 1 aliphatic heterocycles. The Labute approximate surface area is 223 Å². The number of carbonyl (C=O) groups is 3. The fourth-order valence-corrected chi connectivity index (χ4v) is 4.42. The number of methoxy groups -OCH3 is 2. The van der Waals surface area contributed by atoms with Crippen molar-refractivity contribution in [2.75, 3.05) is 25.7 Å². The molecule has 1 saturated heterocycles. The van der Waals surface area contributed by atoms with Crippen LogP contribution in [-0.2, 0) is 16.0 Å². The molecule has 0 aliphatic carbocycles. The zero-order chi connectivity index (χ0) is 27.4. The molecule has 1 fully saturated rings. The summed E-state index contributed by atoms with van der Waals surface area (Å²) < 4.78 is 10.6. The molecule has 0 aromatic heterocycles. The summed E-state index contributed by atoms with van der Waals surface area (Å²) in [4.78, 5) is 52.9. The van der Waals surface area contributed by atoms with Gasteiger partial charge in [0.2, 0.25) is 5.91 Å². The zero-order valence-corrected chi connectivity index (χ0v) is 21.4. The molecular weight excluding hydrogens is 514 g/mol. The van der Waals surface area contributed by atoms with Crippen molar-refractivity contribution in [2.24, 2.45) is 0 Å². The SMILES string of the molecule is COc1ccc(CCN(C(=O)c2ccc([N+](=O)[O-])cc2)C2CC(=O)N(c3ccc(Cl)cc3)C2=O)cc1OC. The smallest absolute Gasteiger partial charge is 0.269 e. The number of halogens is 1. The van der Waals surface area contributed by atoms with Gasteiger partial charge in [-0.15, -0.1) is 0 Å². The third-order valence-corrected chi connectivity index (χ3v) is 6.51. The minimum absolute atomic E-state index is 0.101. The maximum atomic E-state index is 13.6. The van der Waals surface area contributed by atoms with E-state index in [2.05, 4.69) is 0 Å². The van der Waals surface area contributed by atoms with Gasteiger partial charge < -0.3 is 14.4 Å². The Bertz CT molecular complexity index is 1380. The highest BCUT2D eigenvalue weighted by Gasteiger charge is 2.44. The van der Waals surface area contributed by atoms with E-state index in [9.17, 15) is 24.5 Å². The van der Waals surface area contributed by atoms with Gasteiger partial charge in [0.1, 0.15) is 6.04 Å². The molecule has 3 aromatic rings. The minimum atomic E-state index is -1.05. The molecule has 3 amide bonds. The van der Waals surface area contributed by atoms with Crippen molar-refractivity contribution < 1.29 is 28.8 Å². The summed E-state index contributed by atoms with van der Waals surface area (Å²) in [6.07, 6.45) is 0.143. The number of nitro benzene ring substituents is 1. The second kappa shape index (κ2) is 11.3. The molecule has 0 radical (unpaired) electrons. The largest absolute Gasteiger partial charge is 0.493 e. The van der Waals surface area contributed by atoms with Crippen molar-refractivity contribution in [1.29, 1.82) is 0 Å². The normalized spacial score (nSPS) is 14.9. The van der Waals surface area contributed by atoms with Crippen LogP contribution in [0.2, 0.25) is 5.02 Å². The van der Waals surface area contributed by atoms with Crippen LogP contribution in [0.4, 0.5) is 11.4 Å². The van der Waals surface area contributed by atoms with Crippen molar-refractivity contribution in [3.05, 3.63) is 93.0 Å². The predicted molar refractivity (Wildman–Crippen MR) is 140 cm³/mol. The Morgan fingerprint density at radius 3 is 2.29 bits per heavy atom. The van der Waals surface area contributed by atoms with Crippen molar-refractivity contribution in [2.45, 2.75) is 18.9 Å². The molecule has 0 saturated carbocycles. The molecule has 0 bridgehead atoms. The number of carbonyl (C=O) groups excluding carboxylic acids is 3. The molecule has 3 aromatic carbocycles. The van der Waals surface area contributed by atoms with E-state index in [1.807, 2.05) is 6.07 Å². The second-order valence-corrected chi connectivity index (χ2v) is 8.94. The van der Waals surface area contributed by atoms with Gasteiger partial charge in [-0.2, -0.15) is 0 Å². The highest BCUT2D eigenvalue weighted by Crippen LogP contribution is 2.30. The molecule has 10 nitrogen and oxygen atoms in total. The lowest BCUT2D eigenvalue weighted by atomic mass is 10.1. The first-order valence-electron chi connectivity index (χ1n) is 11.6. The number of imide groups is 1. The lowest BCUT2D eigenvalue weighted by Crippen LogP contribution is -2.46. The minimum Gasteiger partial charge on any atom is -0.493 e. The van der Waals surface area contributed by atoms with Gasteiger partial charge in [-0.25, -0.2) is 4.90 Å². The Balaban J connectivity index is 1.64. The van der Waals surface area contributed by atoms with E-state index in [-0.39, 0.29) is 24.2 Å². The molecule has 4 rings (SSSR count). The van der Waals surface area contributed by atoms with E-state index in [0.717, 1.165) is 10.5 Å². The summed E-state index contributed by atoms with van der Waals surface area (Å²) in [5, 5.41) is 11.5. The molecule has 1 atom stereocenters. The van der Waals surface area contributed by atoms with E-state index in [1.54, 1.807) is 36.4 Å². The van der Waals surface area contributed by atoms with Crippen LogP contribution in [0.3, 0.4) is 0 Å². The number of amides is 3. The highest BCUT2D eigenvalue weighted by molar-refractivity contribution is 6.31. The average Bonchev–Trinajstić information content (AvgIpc) is 3.22. The number of nitro groups is 1. The summed E-state index contributed by atoms with van der Waals surface area (Å²) in [6.45, 7) is 0.101. The van der Waals surface area contributed by atoms with Crippen LogP contribution in [-0.4, -0.2) is 54.4 Å². The monoisotopic (exact) mass is 537 g/mol. The second-order valence-electron chi connectivity index (χ2n) is 8.51. The van der Waals surface area contributed by atoms with Crippen LogP contribution in [0.25, 0.3) is 0 Å². The van der Waals surface area contributed by atoms with Crippen LogP contribution in [0.1, 0.15) is 22.3 Å². The molecule has 0 N–H and O–H groups in total. The van der Waals surface area contributed by atoms with E-state index >= 15 is 0 Å². The predicted octanol–water partition coefficient (Wildman–Crippen LogP) is 4.28. The Morgan fingerprint density at radius 2 is 1.68 bits per heavy atom. The van der Waals surface area contributed by atoms with Crippen molar-refractivity contribution in [3.63, 3.8) is 0 Å². The topological polar surface area (TPSA) is 119 Å². The number of non-ortho nitro benzene ring substituents is 1. The quantitative estimate of drug-likeness (QED) is 0.227. The first-order valence-corrected chi connectivity index (χ1v) is 12.0. The number of anilines is 1. The third-order valence-electron chi connectivity index (χ3n) is 6.26. The number of rotatable bonds is 9. The highest BCUT2D eigenvalue weighted by atomic mass is 35.5. The summed E-state index contributed by atoms with van der Waals surface area (Å²) in [6, 6.07) is 15.7. The van der Waals surface area contributed by atoms with Gasteiger partial charge in [-0.05, 0) is 60.5 Å². The van der Waals surface area contributed by atoms with Crippen LogP contribution in [0.5, 0.6) is 11.5 Å². The van der Waals surface area contributed by atoms with Gasteiger partial charge in [0.15, 0.2) is 11.5 Å². The lowest BCUT2D eigenvalue weighted by Gasteiger charge is -2.28. The fourth-order valence-electron chi connectivity index (χ4n) is 4.30. The van der Waals surface area contributed by atoms with Crippen LogP contribution in [0.15, 0.2) is 66.7 Å². The van der Waals surface area contributed by atoms with Crippen LogP contribution >= 0.6 is 11.6 Å². The fraction of sp³-hybridized carbons (Fsp3) is 0.222. The number of hydrogen-bond acceptors (Lipinski definition) is 7. The first-order chi connectivity index (χ1) is 18.2. The Morgan fingerprint density at radius 1 is 1.03 bits per heavy atom. The number of nitrogens with zero attached hydrogens (tertiary/aromatic N) is 3. The molecule has 1 unspecified atom stereocenters. The number of benzene rings is 3. The van der Waals surface area contributed by atoms with Gasteiger partial charge >= 0.3 is 0 Å². The van der Waals surface area contributed by atoms with Gasteiger partial charge in [0.25, 0.3) is 17.5 Å². The number of ether oxygens (including phenoxy) is 2. The molecule has 1 heterocycles. The van der Waals surface area contributed by atoms with E-state index in [1.165, 1.54) is 43.4 Å². The van der Waals surface area contributed by atoms with Crippen molar-refractivity contribution >= 4 is 40.7 Å². The third kappa shape index (κ3) is 5.45. The van der Waals surface area contributed by atoms with Crippen LogP contribution in [0, 0.1) is 10.1 Å². The van der Waals surface area contributed by atoms with Crippen LogP contribution < -0.4 is 14.4 Å². The number of hydrogen-bond donors (Lipinski definition) is 0. The maximum Gasteiger partial charge on any atom is 0.269 e. The molecule has 11 heteroatoms. The maximum absolute atomic E-state index is 13.6. The van der Waals surface area contributed by atoms with E-state index in [0.29, 0.717) is 28.6 Å². The Hall–Kier alpha value is -4.44. The summed E-state index contributed by atoms with van der Waals surface area (Å²) in [7, 11) is 3.04.